The van der Waals surface area contributed by atoms with Gasteiger partial charge in [-0.2, -0.15) is 5.10 Å². The molecule has 0 saturated carbocycles. The molecule has 2 amide bonds. The van der Waals surface area contributed by atoms with Crippen LogP contribution in [0.1, 0.15) is 23.6 Å². The van der Waals surface area contributed by atoms with Crippen LogP contribution in [0, 0.1) is 0 Å². The van der Waals surface area contributed by atoms with Crippen molar-refractivity contribution in [2.45, 2.75) is 24.9 Å². The van der Waals surface area contributed by atoms with Crippen molar-refractivity contribution in [3.05, 3.63) is 48.0 Å². The number of likely N-dealkylation sites (tertiary alicyclic amines) is 1. The summed E-state index contributed by atoms with van der Waals surface area (Å²) in [4.78, 5) is 30.1. The Balaban J connectivity index is 1.72. The van der Waals surface area contributed by atoms with E-state index in [9.17, 15) is 9.59 Å². The van der Waals surface area contributed by atoms with Gasteiger partial charge in [0.1, 0.15) is 0 Å². The van der Waals surface area contributed by atoms with Crippen molar-refractivity contribution < 1.29 is 9.59 Å². The molecular formula is C16H19N5O2. The van der Waals surface area contributed by atoms with Gasteiger partial charge < -0.3 is 10.2 Å². The van der Waals surface area contributed by atoms with Gasteiger partial charge in [0.05, 0.1) is 24.7 Å². The molecule has 1 fully saturated rings. The predicted octanol–water partition coefficient (Wildman–Crippen LogP) is 0.446. The van der Waals surface area contributed by atoms with E-state index in [0.29, 0.717) is 6.42 Å². The van der Waals surface area contributed by atoms with E-state index in [1.165, 1.54) is 0 Å². The number of rotatable bonds is 4. The average Bonchev–Trinajstić information content (AvgIpc) is 3.04. The lowest BCUT2D eigenvalue weighted by molar-refractivity contribution is -0.127. The molecule has 1 saturated heterocycles. The number of aryl methyl sites for hydroxylation is 1. The molecule has 2 atom stereocenters. The van der Waals surface area contributed by atoms with E-state index in [1.54, 1.807) is 35.2 Å². The van der Waals surface area contributed by atoms with Gasteiger partial charge in [-0.05, 0) is 17.2 Å². The summed E-state index contributed by atoms with van der Waals surface area (Å²) in [5.74, 6) is -0.0921. The van der Waals surface area contributed by atoms with Crippen LogP contribution in [-0.4, -0.2) is 44.6 Å². The van der Waals surface area contributed by atoms with Gasteiger partial charge >= 0.3 is 0 Å². The van der Waals surface area contributed by atoms with E-state index < -0.39 is 0 Å². The monoisotopic (exact) mass is 313 g/mol. The second-order valence-corrected chi connectivity index (χ2v) is 5.81. The molecule has 2 aromatic rings. The number of amides is 2. The number of aromatic nitrogens is 3. The van der Waals surface area contributed by atoms with Gasteiger partial charge in [-0.3, -0.25) is 19.3 Å². The maximum Gasteiger partial charge on any atom is 0.225 e. The molecule has 0 aliphatic carbocycles. The summed E-state index contributed by atoms with van der Waals surface area (Å²) in [5, 5.41) is 7.03. The Kier molecular flexibility index (Phi) is 4.10. The van der Waals surface area contributed by atoms with E-state index >= 15 is 0 Å². The third kappa shape index (κ3) is 3.23. The topological polar surface area (TPSA) is 80.1 Å². The third-order valence-electron chi connectivity index (χ3n) is 4.08. The molecule has 0 radical (unpaired) electrons. The Morgan fingerprint density at radius 2 is 2.22 bits per heavy atom. The maximum absolute atomic E-state index is 12.3. The summed E-state index contributed by atoms with van der Waals surface area (Å²) in [6.07, 6.45) is 7.46. The lowest BCUT2D eigenvalue weighted by Crippen LogP contribution is -2.39. The van der Waals surface area contributed by atoms with Crippen LogP contribution in [0.2, 0.25) is 0 Å². The van der Waals surface area contributed by atoms with Gasteiger partial charge in [0.2, 0.25) is 11.8 Å². The molecule has 23 heavy (non-hydrogen) atoms. The summed E-state index contributed by atoms with van der Waals surface area (Å²) >= 11 is 0. The summed E-state index contributed by atoms with van der Waals surface area (Å²) in [6, 6.07) is 3.32. The van der Waals surface area contributed by atoms with Gasteiger partial charge in [0, 0.05) is 39.1 Å². The first-order valence-corrected chi connectivity index (χ1v) is 7.47. The van der Waals surface area contributed by atoms with Crippen LogP contribution in [-0.2, 0) is 23.1 Å². The van der Waals surface area contributed by atoms with Crippen molar-refractivity contribution in [2.24, 2.45) is 7.05 Å². The molecule has 2 aromatic heterocycles. The van der Waals surface area contributed by atoms with E-state index in [0.717, 1.165) is 11.1 Å². The molecule has 0 bridgehead atoms. The fourth-order valence-electron chi connectivity index (χ4n) is 3.01. The third-order valence-corrected chi connectivity index (χ3v) is 4.08. The van der Waals surface area contributed by atoms with Gasteiger partial charge in [0.25, 0.3) is 0 Å². The van der Waals surface area contributed by atoms with E-state index in [1.807, 2.05) is 25.4 Å². The molecule has 1 N–H and O–H groups in total. The Morgan fingerprint density at radius 1 is 1.39 bits per heavy atom. The minimum Gasteiger partial charge on any atom is -0.350 e. The van der Waals surface area contributed by atoms with E-state index in [4.69, 9.17) is 0 Å². The predicted molar refractivity (Wildman–Crippen MR) is 83.2 cm³/mol. The second kappa shape index (κ2) is 6.20. The summed E-state index contributed by atoms with van der Waals surface area (Å²) < 4.78 is 1.66. The SMILES string of the molecule is CN1C(=O)C[C@@H](NC(=O)Cc2cnn(C)c2)[C@@H]1c1cccnc1. The first kappa shape index (κ1) is 15.2. The van der Waals surface area contributed by atoms with Crippen LogP contribution >= 0.6 is 0 Å². The Morgan fingerprint density at radius 3 is 2.87 bits per heavy atom. The lowest BCUT2D eigenvalue weighted by atomic mass is 10.0. The minimum atomic E-state index is -0.249. The zero-order valence-electron chi connectivity index (χ0n) is 13.1. The molecule has 1 aliphatic heterocycles. The zero-order valence-corrected chi connectivity index (χ0v) is 13.1. The molecule has 120 valence electrons. The van der Waals surface area contributed by atoms with Crippen molar-refractivity contribution in [2.75, 3.05) is 7.05 Å². The number of pyridine rings is 1. The quantitative estimate of drug-likeness (QED) is 0.888. The molecule has 0 spiro atoms. The van der Waals surface area contributed by atoms with Crippen LogP contribution in [0.3, 0.4) is 0 Å². The Bertz CT molecular complexity index is 712. The molecule has 3 rings (SSSR count). The normalized spacial score (nSPS) is 20.8. The number of nitrogens with zero attached hydrogens (tertiary/aromatic N) is 4. The smallest absolute Gasteiger partial charge is 0.225 e. The van der Waals surface area contributed by atoms with Crippen LogP contribution in [0.25, 0.3) is 0 Å². The van der Waals surface area contributed by atoms with Crippen molar-refractivity contribution in [1.29, 1.82) is 0 Å². The Labute approximate surface area is 134 Å². The highest BCUT2D eigenvalue weighted by atomic mass is 16.2. The molecule has 3 heterocycles. The standard InChI is InChI=1S/C16H19N5O2/c1-20-10-11(8-18-20)6-14(22)19-13-7-15(23)21(2)16(13)12-4-3-5-17-9-12/h3-5,8-10,13,16H,6-7H2,1-2H3,(H,19,22)/t13-,16+/m1/s1. The van der Waals surface area contributed by atoms with Gasteiger partial charge in [-0.15, -0.1) is 0 Å². The van der Waals surface area contributed by atoms with Crippen molar-refractivity contribution in [1.82, 2.24) is 25.0 Å². The highest BCUT2D eigenvalue weighted by Gasteiger charge is 2.39. The molecule has 0 unspecified atom stereocenters. The molecule has 0 aromatic carbocycles. The van der Waals surface area contributed by atoms with Crippen molar-refractivity contribution >= 4 is 11.8 Å². The highest BCUT2D eigenvalue weighted by Crippen LogP contribution is 2.31. The number of carbonyl (C=O) groups excluding carboxylic acids is 2. The first-order chi connectivity index (χ1) is 11.0. The minimum absolute atomic E-state index is 0.0190. The fourth-order valence-corrected chi connectivity index (χ4v) is 3.01. The summed E-state index contributed by atoms with van der Waals surface area (Å²) in [7, 11) is 3.57. The van der Waals surface area contributed by atoms with E-state index in [2.05, 4.69) is 15.4 Å². The molecule has 7 nitrogen and oxygen atoms in total. The number of likely N-dealkylation sites (N-methyl/N-ethyl adjacent to an activating group) is 1. The van der Waals surface area contributed by atoms with Crippen molar-refractivity contribution in [3.8, 4) is 0 Å². The van der Waals surface area contributed by atoms with E-state index in [-0.39, 0.29) is 30.3 Å². The molecular weight excluding hydrogens is 294 g/mol. The number of hydrogen-bond donors (Lipinski definition) is 1. The maximum atomic E-state index is 12.3. The van der Waals surface area contributed by atoms with Gasteiger partial charge in [-0.25, -0.2) is 0 Å². The van der Waals surface area contributed by atoms with Crippen LogP contribution in [0.5, 0.6) is 0 Å². The summed E-state index contributed by atoms with van der Waals surface area (Å²) in [6.45, 7) is 0. The largest absolute Gasteiger partial charge is 0.350 e. The fraction of sp³-hybridized carbons (Fsp3) is 0.375. The highest BCUT2D eigenvalue weighted by molar-refractivity contribution is 5.83. The van der Waals surface area contributed by atoms with Crippen LogP contribution in [0.4, 0.5) is 0 Å². The van der Waals surface area contributed by atoms with Crippen molar-refractivity contribution in [3.63, 3.8) is 0 Å². The number of hydrogen-bond acceptors (Lipinski definition) is 4. The van der Waals surface area contributed by atoms with Gasteiger partial charge in [-0.1, -0.05) is 6.07 Å². The Hall–Kier alpha value is -2.70. The number of carbonyl (C=O) groups is 2. The second-order valence-electron chi connectivity index (χ2n) is 5.81. The van der Waals surface area contributed by atoms with Crippen LogP contribution in [0.15, 0.2) is 36.9 Å². The molecule has 1 aliphatic rings. The van der Waals surface area contributed by atoms with Gasteiger partial charge in [0.15, 0.2) is 0 Å². The molecule has 7 heteroatoms. The van der Waals surface area contributed by atoms with Crippen LogP contribution < -0.4 is 5.32 Å². The average molecular weight is 313 g/mol. The first-order valence-electron chi connectivity index (χ1n) is 7.47. The zero-order chi connectivity index (χ0) is 16.4. The number of nitrogens with one attached hydrogen (secondary N) is 1. The lowest BCUT2D eigenvalue weighted by Gasteiger charge is -2.25. The summed E-state index contributed by atoms with van der Waals surface area (Å²) in [5.41, 5.74) is 1.77.